The average Bonchev–Trinajstić information content (AvgIpc) is 2.39. The quantitative estimate of drug-likeness (QED) is 0.588. The van der Waals surface area contributed by atoms with E-state index in [1.807, 2.05) is 0 Å². The molecule has 2 aromatic carbocycles. The van der Waals surface area contributed by atoms with Crippen molar-refractivity contribution in [2.45, 2.75) is 5.25 Å². The minimum Gasteiger partial charge on any atom is -0.743 e. The molecule has 0 saturated carbocycles. The number of rotatable bonds is 3. The van der Waals surface area contributed by atoms with Crippen LogP contribution in [0.15, 0.2) is 54.6 Å². The molecule has 2 rings (SSSR count). The molecular weight excluding hydrogens is 281 g/mol. The summed E-state index contributed by atoms with van der Waals surface area (Å²) in [7, 11) is -5.74. The van der Waals surface area contributed by atoms with Crippen molar-refractivity contribution < 1.29 is 40.6 Å². The van der Waals surface area contributed by atoms with Crippen LogP contribution in [-0.2, 0) is 15.4 Å². The van der Waals surface area contributed by atoms with Gasteiger partial charge in [0.25, 0.3) is 0 Å². The van der Waals surface area contributed by atoms with Crippen LogP contribution in [0.5, 0.6) is 0 Å². The van der Waals surface area contributed by atoms with Gasteiger partial charge in [-0.2, -0.15) is 8.78 Å². The van der Waals surface area contributed by atoms with Crippen molar-refractivity contribution in [3.63, 3.8) is 0 Å². The fourth-order valence-electron chi connectivity index (χ4n) is 1.65. The van der Waals surface area contributed by atoms with E-state index in [0.717, 1.165) is 12.1 Å². The molecule has 0 radical (unpaired) electrons. The molecule has 0 bridgehead atoms. The molecule has 0 amide bonds. The maximum Gasteiger partial charge on any atom is 1.00 e. The van der Waals surface area contributed by atoms with Crippen LogP contribution in [0.4, 0.5) is 8.78 Å². The van der Waals surface area contributed by atoms with Crippen molar-refractivity contribution in [2.75, 3.05) is 0 Å². The Morgan fingerprint density at radius 3 is 2.00 bits per heavy atom. The monoisotopic (exact) mass is 290 g/mol. The van der Waals surface area contributed by atoms with Gasteiger partial charge in [0.05, 0.1) is 0 Å². The van der Waals surface area contributed by atoms with Crippen LogP contribution in [0.25, 0.3) is 11.1 Å². The van der Waals surface area contributed by atoms with Crippen molar-refractivity contribution in [1.82, 2.24) is 0 Å². The molecule has 0 fully saturated rings. The summed E-state index contributed by atoms with van der Waals surface area (Å²) >= 11 is 0. The molecular formula is C13H9F2LiO3S. The molecule has 20 heavy (non-hydrogen) atoms. The van der Waals surface area contributed by atoms with E-state index in [9.17, 15) is 21.8 Å². The van der Waals surface area contributed by atoms with Gasteiger partial charge in [0.2, 0.25) is 0 Å². The van der Waals surface area contributed by atoms with E-state index in [0.29, 0.717) is 11.1 Å². The summed E-state index contributed by atoms with van der Waals surface area (Å²) in [5.74, 6) is 0. The summed E-state index contributed by atoms with van der Waals surface area (Å²) in [6, 6.07) is 13.4. The maximum absolute atomic E-state index is 13.5. The molecule has 0 aliphatic heterocycles. The van der Waals surface area contributed by atoms with Gasteiger partial charge in [0, 0.05) is 5.56 Å². The van der Waals surface area contributed by atoms with Crippen molar-refractivity contribution in [3.8, 4) is 11.1 Å². The van der Waals surface area contributed by atoms with Gasteiger partial charge in [0.15, 0.2) is 10.1 Å². The van der Waals surface area contributed by atoms with Gasteiger partial charge in [-0.1, -0.05) is 48.5 Å². The summed E-state index contributed by atoms with van der Waals surface area (Å²) in [5.41, 5.74) is 0.244. The fourth-order valence-corrected chi connectivity index (χ4v) is 2.07. The Kier molecular flexibility index (Phi) is 5.11. The number of benzene rings is 2. The van der Waals surface area contributed by atoms with Gasteiger partial charge in [-0.25, -0.2) is 8.42 Å². The van der Waals surface area contributed by atoms with Crippen molar-refractivity contribution in [2.24, 2.45) is 0 Å². The molecule has 100 valence electrons. The average molecular weight is 290 g/mol. The van der Waals surface area contributed by atoms with Gasteiger partial charge in [-0.05, 0) is 17.2 Å². The van der Waals surface area contributed by atoms with E-state index < -0.39 is 20.9 Å². The third kappa shape index (κ3) is 3.28. The fraction of sp³-hybridized carbons (Fsp3) is 0.0769. The predicted molar refractivity (Wildman–Crippen MR) is 65.5 cm³/mol. The zero-order valence-electron chi connectivity index (χ0n) is 10.6. The summed E-state index contributed by atoms with van der Waals surface area (Å²) in [6.07, 6.45) is 0. The summed E-state index contributed by atoms with van der Waals surface area (Å²) in [6.45, 7) is 0. The largest absolute Gasteiger partial charge is 1.00 e. The van der Waals surface area contributed by atoms with Gasteiger partial charge in [0.1, 0.15) is 0 Å². The summed E-state index contributed by atoms with van der Waals surface area (Å²) < 4.78 is 58.7. The second-order valence-electron chi connectivity index (χ2n) is 3.92. The predicted octanol–water partition coefficient (Wildman–Crippen LogP) is -0.0479. The summed E-state index contributed by atoms with van der Waals surface area (Å²) in [5, 5.41) is -4.43. The maximum atomic E-state index is 13.5. The number of hydrogen-bond acceptors (Lipinski definition) is 3. The molecule has 0 aromatic heterocycles. The number of hydrogen-bond donors (Lipinski definition) is 0. The molecule has 7 heteroatoms. The Bertz CT molecular complexity index is 688. The van der Waals surface area contributed by atoms with Crippen LogP contribution >= 0.6 is 0 Å². The number of halogens is 2. The SMILES string of the molecule is O=S(=O)([O-])C(F)(F)c1cccc(-c2ccccc2)c1.[Li+]. The van der Waals surface area contributed by atoms with Gasteiger partial charge in [-0.3, -0.25) is 0 Å². The Morgan fingerprint density at radius 2 is 1.45 bits per heavy atom. The third-order valence-corrected chi connectivity index (χ3v) is 3.48. The van der Waals surface area contributed by atoms with Crippen LogP contribution in [-0.4, -0.2) is 13.0 Å². The van der Waals surface area contributed by atoms with E-state index in [2.05, 4.69) is 0 Å². The Hall–Kier alpha value is -1.19. The molecule has 0 aliphatic carbocycles. The van der Waals surface area contributed by atoms with Crippen LogP contribution in [0.1, 0.15) is 5.56 Å². The Balaban J connectivity index is 0.00000200. The molecule has 3 nitrogen and oxygen atoms in total. The normalized spacial score (nSPS) is 11.8. The van der Waals surface area contributed by atoms with E-state index >= 15 is 0 Å². The molecule has 0 spiro atoms. The van der Waals surface area contributed by atoms with Crippen molar-refractivity contribution >= 4 is 10.1 Å². The van der Waals surface area contributed by atoms with Gasteiger partial charge < -0.3 is 4.55 Å². The minimum absolute atomic E-state index is 0. The summed E-state index contributed by atoms with van der Waals surface area (Å²) in [4.78, 5) is 0. The molecule has 0 aliphatic rings. The molecule has 0 unspecified atom stereocenters. The Labute approximate surface area is 127 Å². The van der Waals surface area contributed by atoms with Crippen LogP contribution in [0, 0.1) is 0 Å². The Morgan fingerprint density at radius 1 is 0.900 bits per heavy atom. The van der Waals surface area contributed by atoms with E-state index in [4.69, 9.17) is 0 Å². The van der Waals surface area contributed by atoms with E-state index in [-0.39, 0.29) is 18.9 Å². The third-order valence-electron chi connectivity index (χ3n) is 2.62. The molecule has 0 heterocycles. The standard InChI is InChI=1S/C13H10F2O3S.Li/c14-13(15,19(16,17)18)12-8-4-7-11(9-12)10-5-2-1-3-6-10;/h1-9H,(H,16,17,18);/q;+1/p-1. The zero-order valence-corrected chi connectivity index (χ0v) is 11.4. The molecule has 0 saturated heterocycles. The first-order valence-corrected chi connectivity index (χ1v) is 6.72. The molecule has 0 N–H and O–H groups in total. The van der Waals surface area contributed by atoms with E-state index in [1.54, 1.807) is 36.4 Å². The van der Waals surface area contributed by atoms with Crippen LogP contribution in [0.3, 0.4) is 0 Å². The van der Waals surface area contributed by atoms with Crippen molar-refractivity contribution in [1.29, 1.82) is 0 Å². The molecule has 2 aromatic rings. The first-order valence-electron chi connectivity index (χ1n) is 5.31. The second kappa shape index (κ2) is 6.06. The van der Waals surface area contributed by atoms with Crippen molar-refractivity contribution in [3.05, 3.63) is 60.2 Å². The van der Waals surface area contributed by atoms with E-state index in [1.165, 1.54) is 6.07 Å². The zero-order chi connectivity index (χ0) is 14.1. The minimum atomic E-state index is -5.74. The van der Waals surface area contributed by atoms with Crippen LogP contribution in [0.2, 0.25) is 0 Å². The van der Waals surface area contributed by atoms with Crippen LogP contribution < -0.4 is 18.9 Å². The molecule has 0 atom stereocenters. The number of alkyl halides is 2. The van der Waals surface area contributed by atoms with Gasteiger partial charge >= 0.3 is 24.1 Å². The second-order valence-corrected chi connectivity index (χ2v) is 5.34. The smallest absolute Gasteiger partial charge is 0.743 e. The van der Waals surface area contributed by atoms with Gasteiger partial charge in [-0.15, -0.1) is 0 Å². The first-order chi connectivity index (χ1) is 8.82. The first kappa shape index (κ1) is 16.9. The topological polar surface area (TPSA) is 57.2 Å².